The minimum Gasteiger partial charge on any atom is -0.304 e. The van der Waals surface area contributed by atoms with E-state index in [4.69, 9.17) is 13.5 Å². The number of fused-ring (bicyclic) bond motifs is 2. The summed E-state index contributed by atoms with van der Waals surface area (Å²) in [7, 11) is 0. The molecule has 0 unspecified atom stereocenters. The van der Waals surface area contributed by atoms with E-state index in [0.29, 0.717) is 11.8 Å². The van der Waals surface area contributed by atoms with Gasteiger partial charge in [-0.15, -0.1) is 35.9 Å². The molecule has 4 nitrogen and oxygen atoms in total. The number of aryl methyl sites for hydroxylation is 1. The van der Waals surface area contributed by atoms with Gasteiger partial charge in [-0.2, -0.15) is 0 Å². The van der Waals surface area contributed by atoms with Gasteiger partial charge in [0, 0.05) is 30.4 Å². The Morgan fingerprint density at radius 2 is 1.56 bits per heavy atom. The van der Waals surface area contributed by atoms with Crippen LogP contribution in [0.25, 0.3) is 50.3 Å². The molecule has 4 aromatic carbocycles. The normalized spacial score (nSPS) is 12.7. The Morgan fingerprint density at radius 3 is 2.19 bits per heavy atom. The minimum atomic E-state index is -2.09. The van der Waals surface area contributed by atoms with Crippen LogP contribution in [0.15, 0.2) is 108 Å². The Labute approximate surface area is 305 Å². The average Bonchev–Trinajstić information content (AvgIpc) is 3.69. The molecule has 0 amide bonds. The second-order valence-corrected chi connectivity index (χ2v) is 24.3. The van der Waals surface area contributed by atoms with Crippen LogP contribution in [0, 0.1) is 19.2 Å². The Morgan fingerprint density at radius 1 is 0.833 bits per heavy atom. The van der Waals surface area contributed by atoms with Crippen LogP contribution in [0.5, 0.6) is 0 Å². The van der Waals surface area contributed by atoms with Crippen molar-refractivity contribution in [2.24, 2.45) is 0 Å². The van der Waals surface area contributed by atoms with Gasteiger partial charge in [0.15, 0.2) is 0 Å². The van der Waals surface area contributed by atoms with E-state index >= 15 is 0 Å². The summed E-state index contributed by atoms with van der Waals surface area (Å²) in [5.41, 5.74) is 9.64. The summed E-state index contributed by atoms with van der Waals surface area (Å²) in [5.74, 6) is 8.94. The second kappa shape index (κ2) is 14.8. The van der Waals surface area contributed by atoms with Crippen LogP contribution >= 0.6 is 0 Å². The molecule has 0 atom stereocenters. The average molecular weight is 874 g/mol. The Bertz CT molecular complexity index is 2220. The molecule has 247 valence electrons. The van der Waals surface area contributed by atoms with Gasteiger partial charge in [-0.3, -0.25) is 0 Å². The third-order valence-electron chi connectivity index (χ3n) is 8.48. The van der Waals surface area contributed by atoms with Crippen molar-refractivity contribution < 1.29 is 28.6 Å². The van der Waals surface area contributed by atoms with Crippen LogP contribution in [0.2, 0.25) is 17.3 Å². The van der Waals surface area contributed by atoms with Gasteiger partial charge in [0.25, 0.3) is 0 Å². The zero-order chi connectivity index (χ0) is 35.8. The molecule has 0 N–H and O–H groups in total. The topological polar surface area (TPSA) is 43.9 Å². The number of furan rings is 1. The van der Waals surface area contributed by atoms with Crippen LogP contribution in [-0.4, -0.2) is 27.8 Å². The third-order valence-corrected chi connectivity index (χ3v) is 12.8. The van der Waals surface area contributed by atoms with E-state index < -0.39 is 20.1 Å². The molecule has 0 aliphatic rings. The van der Waals surface area contributed by atoms with E-state index in [1.165, 1.54) is 27.4 Å². The number of aromatic nitrogens is 3. The maximum absolute atomic E-state index is 7.23. The predicted octanol–water partition coefficient (Wildman–Crippen LogP) is 10.9. The number of benzene rings is 4. The standard InChI is InChI=1S/C30H33GeN2O.C12H10N.Ir/c1-19(2)22-11-10-12-23(20(3)4)29(22)33-27-14-9-8-13-26(27)32-30(33)25-18-34-28-16-15-21(17-24(25)28)31(5,6)7;1-10-7-8-12(13-9-10)11-5-3-2-4-6-11;/h8-17,19-20H,1-7H3;2-5,7-9H,1H3;/q2*-1;/i;1D3;. The zero-order valence-corrected chi connectivity index (χ0v) is 33.0. The summed E-state index contributed by atoms with van der Waals surface area (Å²) in [6.07, 6.45) is 4.63. The van der Waals surface area contributed by atoms with Crippen molar-refractivity contribution in [1.29, 1.82) is 0 Å². The molecule has 0 saturated heterocycles. The number of imidazole rings is 1. The molecular formula is C42H43GeIrN3O-2. The molecule has 0 saturated carbocycles. The number of hydrogen-bond acceptors (Lipinski definition) is 3. The fourth-order valence-electron chi connectivity index (χ4n) is 5.90. The van der Waals surface area contributed by atoms with E-state index in [2.05, 4.69) is 128 Å². The Hall–Kier alpha value is -3.77. The van der Waals surface area contributed by atoms with Gasteiger partial charge in [0.05, 0.1) is 0 Å². The van der Waals surface area contributed by atoms with Gasteiger partial charge in [0.2, 0.25) is 0 Å². The summed E-state index contributed by atoms with van der Waals surface area (Å²) >= 11 is -2.02. The maximum Gasteiger partial charge on any atom is 0.0280 e. The summed E-state index contributed by atoms with van der Waals surface area (Å²) in [6, 6.07) is 35.6. The molecule has 0 aliphatic carbocycles. The minimum absolute atomic E-state index is 0. The quantitative estimate of drug-likeness (QED) is 0.124. The monoisotopic (exact) mass is 875 g/mol. The molecule has 0 aliphatic heterocycles. The molecule has 48 heavy (non-hydrogen) atoms. The van der Waals surface area contributed by atoms with Gasteiger partial charge in [-0.25, -0.2) is 0 Å². The zero-order valence-electron chi connectivity index (χ0n) is 31.6. The van der Waals surface area contributed by atoms with E-state index in [-0.39, 0.29) is 25.7 Å². The van der Waals surface area contributed by atoms with Crippen molar-refractivity contribution in [3.8, 4) is 28.3 Å². The molecule has 7 aromatic rings. The van der Waals surface area contributed by atoms with Crippen LogP contribution < -0.4 is 4.40 Å². The molecule has 0 fully saturated rings. The second-order valence-electron chi connectivity index (χ2n) is 13.6. The smallest absolute Gasteiger partial charge is 0.0280 e. The summed E-state index contributed by atoms with van der Waals surface area (Å²) in [5, 5.41) is 1.10. The number of hydrogen-bond donors (Lipinski definition) is 0. The van der Waals surface area contributed by atoms with Crippen molar-refractivity contribution in [2.45, 2.75) is 63.7 Å². The molecule has 3 heterocycles. The summed E-state index contributed by atoms with van der Waals surface area (Å²) < 4.78 is 31.5. The molecule has 3 aromatic heterocycles. The van der Waals surface area contributed by atoms with Crippen molar-refractivity contribution in [3.63, 3.8) is 0 Å². The first-order valence-corrected chi connectivity index (χ1v) is 23.6. The van der Waals surface area contributed by atoms with Crippen molar-refractivity contribution in [2.75, 3.05) is 0 Å². The molecule has 1 radical (unpaired) electrons. The van der Waals surface area contributed by atoms with Gasteiger partial charge in [0.1, 0.15) is 0 Å². The largest absolute Gasteiger partial charge is 0.304 e. The van der Waals surface area contributed by atoms with Crippen LogP contribution in [0.3, 0.4) is 0 Å². The molecule has 0 bridgehead atoms. The summed E-state index contributed by atoms with van der Waals surface area (Å²) in [6.45, 7) is 6.98. The molecule has 6 heteroatoms. The van der Waals surface area contributed by atoms with E-state index in [0.717, 1.165) is 44.6 Å². The van der Waals surface area contributed by atoms with Gasteiger partial charge in [-0.05, 0) is 18.1 Å². The fraction of sp³-hybridized carbons (Fsp3) is 0.238. The van der Waals surface area contributed by atoms with E-state index in [1.54, 1.807) is 18.2 Å². The van der Waals surface area contributed by atoms with Gasteiger partial charge in [-0.1, -0.05) is 12.1 Å². The van der Waals surface area contributed by atoms with Crippen molar-refractivity contribution >= 4 is 39.7 Å². The van der Waals surface area contributed by atoms with Crippen molar-refractivity contribution in [3.05, 3.63) is 132 Å². The fourth-order valence-corrected chi connectivity index (χ4v) is 8.34. The molecule has 0 spiro atoms. The Kier molecular flexibility index (Phi) is 9.70. The summed E-state index contributed by atoms with van der Waals surface area (Å²) in [4.78, 5) is 9.29. The van der Waals surface area contributed by atoms with Crippen LogP contribution in [-0.2, 0) is 20.1 Å². The predicted molar refractivity (Wildman–Crippen MR) is 200 cm³/mol. The van der Waals surface area contributed by atoms with E-state index in [1.807, 2.05) is 18.2 Å². The van der Waals surface area contributed by atoms with Crippen LogP contribution in [0.1, 0.15) is 60.3 Å². The molecular weight excluding hydrogens is 827 g/mol. The SMILES string of the molecule is CC(C)c1cccc(C(C)C)c1-n1c(-c2[c-]oc3cc[c]([Ge]([CH3])([CH3])[CH3])cc23)nc2ccccc21.[2H]C([2H])([2H])c1ccc(-c2[c-]cccc2)nc1.[Ir]. The first-order chi connectivity index (χ1) is 23.7. The van der Waals surface area contributed by atoms with Crippen LogP contribution in [0.4, 0.5) is 0 Å². The number of para-hydroxylation sites is 3. The Balaban J connectivity index is 0.000000249. The first kappa shape index (κ1) is 31.5. The van der Waals surface area contributed by atoms with Gasteiger partial charge < -0.3 is 4.98 Å². The van der Waals surface area contributed by atoms with Gasteiger partial charge >= 0.3 is 206 Å². The number of pyridine rings is 1. The first-order valence-electron chi connectivity index (χ1n) is 17.7. The number of nitrogens with zero attached hydrogens (tertiary/aromatic N) is 3. The maximum atomic E-state index is 7.23. The van der Waals surface area contributed by atoms with Crippen molar-refractivity contribution in [1.82, 2.24) is 14.5 Å². The van der Waals surface area contributed by atoms with E-state index in [9.17, 15) is 0 Å². The number of rotatable bonds is 6. The molecule has 7 rings (SSSR count). The third kappa shape index (κ3) is 7.29.